The van der Waals surface area contributed by atoms with E-state index in [1.165, 1.54) is 25.3 Å². The van der Waals surface area contributed by atoms with Crippen molar-refractivity contribution in [3.8, 4) is 0 Å². The number of aliphatic hydroxyl groups excluding tert-OH is 2. The van der Waals surface area contributed by atoms with E-state index in [2.05, 4.69) is 9.97 Å². The molecule has 0 bridgehead atoms. The van der Waals surface area contributed by atoms with E-state index >= 15 is 0 Å². The summed E-state index contributed by atoms with van der Waals surface area (Å²) in [6, 6.07) is 2.71. The average Bonchev–Trinajstić information content (AvgIpc) is 2.61. The number of nitrogens with one attached hydrogen (secondary N) is 1. The standard InChI is InChI=1S/C12H13N3O6/c1-12(20)7(17)9(18)21-10(12)15-4-5-2-3-6(16)13-8(5)14-11(15)19/h2-4,7,9-10,17-18,20H,1H3,(H,13,14,16,19)/t7-,9?,10-,12-/m1/s1. The number of aromatic amines is 1. The van der Waals surface area contributed by atoms with Crippen molar-refractivity contribution in [1.82, 2.24) is 14.5 Å². The number of aliphatic hydroxyl groups is 3. The zero-order valence-electron chi connectivity index (χ0n) is 10.9. The average molecular weight is 295 g/mol. The highest BCUT2D eigenvalue weighted by molar-refractivity contribution is 5.72. The normalized spacial score (nSPS) is 32.7. The van der Waals surface area contributed by atoms with Crippen molar-refractivity contribution >= 4 is 11.0 Å². The van der Waals surface area contributed by atoms with Gasteiger partial charge in [0.05, 0.1) is 0 Å². The van der Waals surface area contributed by atoms with Crippen molar-refractivity contribution in [2.24, 2.45) is 0 Å². The molecule has 4 atom stereocenters. The van der Waals surface area contributed by atoms with Crippen LogP contribution in [0.5, 0.6) is 0 Å². The molecule has 1 aliphatic rings. The summed E-state index contributed by atoms with van der Waals surface area (Å²) < 4.78 is 5.99. The van der Waals surface area contributed by atoms with Crippen LogP contribution in [0.3, 0.4) is 0 Å². The van der Waals surface area contributed by atoms with E-state index in [-0.39, 0.29) is 5.65 Å². The fraction of sp³-hybridized carbons (Fsp3) is 0.417. The second-order valence-electron chi connectivity index (χ2n) is 5.11. The molecule has 0 aromatic carbocycles. The number of aromatic nitrogens is 3. The van der Waals surface area contributed by atoms with Crippen molar-refractivity contribution in [1.29, 1.82) is 0 Å². The maximum absolute atomic E-state index is 12.0. The molecule has 0 saturated carbocycles. The number of nitrogens with zero attached hydrogens (tertiary/aromatic N) is 2. The quantitative estimate of drug-likeness (QED) is 0.479. The molecule has 9 nitrogen and oxygen atoms in total. The summed E-state index contributed by atoms with van der Waals surface area (Å²) in [4.78, 5) is 29.3. The Morgan fingerprint density at radius 3 is 2.71 bits per heavy atom. The molecule has 2 aromatic heterocycles. The zero-order valence-corrected chi connectivity index (χ0v) is 10.9. The molecule has 1 saturated heterocycles. The molecule has 1 fully saturated rings. The molecule has 2 aromatic rings. The largest absolute Gasteiger partial charge is 0.385 e. The molecule has 9 heteroatoms. The van der Waals surface area contributed by atoms with Gasteiger partial charge in [-0.25, -0.2) is 4.79 Å². The van der Waals surface area contributed by atoms with Crippen molar-refractivity contribution in [2.75, 3.05) is 0 Å². The topological polar surface area (TPSA) is 138 Å². The minimum absolute atomic E-state index is 0.0995. The van der Waals surface area contributed by atoms with E-state index in [1.54, 1.807) is 0 Å². The van der Waals surface area contributed by atoms with Gasteiger partial charge in [-0.3, -0.25) is 9.36 Å². The SMILES string of the molecule is C[C@@]1(O)[C@H](O)C(O)O[C@H]1n1cc2ccc(=O)[nH]c2nc1=O. The third-order valence-electron chi connectivity index (χ3n) is 3.53. The Kier molecular flexibility index (Phi) is 2.95. The minimum Gasteiger partial charge on any atom is -0.385 e. The number of pyridine rings is 1. The number of fused-ring (bicyclic) bond motifs is 1. The van der Waals surface area contributed by atoms with Crippen LogP contribution in [0.4, 0.5) is 0 Å². The Bertz CT molecular complexity index is 810. The highest BCUT2D eigenvalue weighted by Crippen LogP contribution is 2.36. The monoisotopic (exact) mass is 295 g/mol. The maximum atomic E-state index is 12.0. The highest BCUT2D eigenvalue weighted by atomic mass is 16.7. The second kappa shape index (κ2) is 4.46. The molecule has 0 radical (unpaired) electrons. The zero-order chi connectivity index (χ0) is 15.4. The lowest BCUT2D eigenvalue weighted by Crippen LogP contribution is -2.45. The van der Waals surface area contributed by atoms with E-state index in [0.29, 0.717) is 5.39 Å². The number of ether oxygens (including phenoxy) is 1. The van der Waals surface area contributed by atoms with Crippen LogP contribution in [0, 0.1) is 0 Å². The van der Waals surface area contributed by atoms with Crippen LogP contribution in [0.25, 0.3) is 11.0 Å². The van der Waals surface area contributed by atoms with Gasteiger partial charge in [-0.2, -0.15) is 4.98 Å². The minimum atomic E-state index is -1.87. The van der Waals surface area contributed by atoms with Crippen molar-refractivity contribution in [3.05, 3.63) is 39.2 Å². The highest BCUT2D eigenvalue weighted by Gasteiger charge is 2.53. The van der Waals surface area contributed by atoms with Crippen molar-refractivity contribution in [3.63, 3.8) is 0 Å². The lowest BCUT2D eigenvalue weighted by Gasteiger charge is -2.26. The van der Waals surface area contributed by atoms with Crippen molar-refractivity contribution < 1.29 is 20.1 Å². The molecule has 21 heavy (non-hydrogen) atoms. The summed E-state index contributed by atoms with van der Waals surface area (Å²) in [6.45, 7) is 1.24. The first-order valence-electron chi connectivity index (χ1n) is 6.17. The first-order chi connectivity index (χ1) is 9.80. The van der Waals surface area contributed by atoms with Gasteiger partial charge in [0.1, 0.15) is 17.4 Å². The third-order valence-corrected chi connectivity index (χ3v) is 3.53. The van der Waals surface area contributed by atoms with Gasteiger partial charge in [-0.1, -0.05) is 0 Å². The van der Waals surface area contributed by atoms with Crippen LogP contribution in [-0.2, 0) is 4.74 Å². The number of rotatable bonds is 1. The molecule has 0 aliphatic carbocycles. The molecule has 4 N–H and O–H groups in total. The van der Waals surface area contributed by atoms with E-state index in [0.717, 1.165) is 4.57 Å². The number of hydrogen-bond acceptors (Lipinski definition) is 7. The van der Waals surface area contributed by atoms with Gasteiger partial charge in [-0.05, 0) is 13.0 Å². The summed E-state index contributed by atoms with van der Waals surface area (Å²) in [5.74, 6) is 0. The molecule has 0 spiro atoms. The lowest BCUT2D eigenvalue weighted by molar-refractivity contribution is -0.143. The Balaban J connectivity index is 2.17. The van der Waals surface area contributed by atoms with E-state index in [4.69, 9.17) is 4.74 Å². The molecular weight excluding hydrogens is 282 g/mol. The lowest BCUT2D eigenvalue weighted by atomic mass is 9.99. The van der Waals surface area contributed by atoms with Gasteiger partial charge in [0, 0.05) is 17.6 Å². The third kappa shape index (κ3) is 2.07. The number of hydrogen-bond donors (Lipinski definition) is 4. The van der Waals surface area contributed by atoms with Crippen LogP contribution < -0.4 is 11.2 Å². The van der Waals surface area contributed by atoms with E-state index < -0.39 is 35.5 Å². The Morgan fingerprint density at radius 1 is 1.38 bits per heavy atom. The Hall–Kier alpha value is -2.07. The first kappa shape index (κ1) is 13.9. The molecule has 3 heterocycles. The summed E-state index contributed by atoms with van der Waals surface area (Å²) >= 11 is 0. The molecule has 0 amide bonds. The summed E-state index contributed by atoms with van der Waals surface area (Å²) in [7, 11) is 0. The van der Waals surface area contributed by atoms with Gasteiger partial charge < -0.3 is 25.0 Å². The molecule has 112 valence electrons. The van der Waals surface area contributed by atoms with Crippen LogP contribution in [0.2, 0.25) is 0 Å². The van der Waals surface area contributed by atoms with Crippen LogP contribution in [0.1, 0.15) is 13.2 Å². The summed E-state index contributed by atoms with van der Waals surface area (Å²) in [5.41, 5.74) is -2.97. The molecule has 1 aliphatic heterocycles. The fourth-order valence-electron chi connectivity index (χ4n) is 2.32. The molecular formula is C12H13N3O6. The maximum Gasteiger partial charge on any atom is 0.351 e. The molecule has 1 unspecified atom stereocenters. The van der Waals surface area contributed by atoms with Gasteiger partial charge in [-0.15, -0.1) is 0 Å². The molecule has 3 rings (SSSR count). The van der Waals surface area contributed by atoms with E-state index in [9.17, 15) is 24.9 Å². The van der Waals surface area contributed by atoms with Gasteiger partial charge in [0.2, 0.25) is 5.56 Å². The van der Waals surface area contributed by atoms with E-state index in [1.807, 2.05) is 0 Å². The fourth-order valence-corrected chi connectivity index (χ4v) is 2.32. The second-order valence-corrected chi connectivity index (χ2v) is 5.11. The van der Waals surface area contributed by atoms with Gasteiger partial charge >= 0.3 is 5.69 Å². The summed E-state index contributed by atoms with van der Waals surface area (Å²) in [6.07, 6.45) is -3.17. The number of H-pyrrole nitrogens is 1. The van der Waals surface area contributed by atoms with Gasteiger partial charge in [0.25, 0.3) is 0 Å². The first-order valence-corrected chi connectivity index (χ1v) is 6.17. The van der Waals surface area contributed by atoms with Crippen LogP contribution in [0.15, 0.2) is 27.9 Å². The summed E-state index contributed by atoms with van der Waals surface area (Å²) in [5, 5.41) is 29.8. The predicted octanol–water partition coefficient (Wildman–Crippen LogP) is -1.96. The van der Waals surface area contributed by atoms with Crippen LogP contribution in [-0.4, -0.2) is 47.8 Å². The smallest absolute Gasteiger partial charge is 0.351 e. The van der Waals surface area contributed by atoms with Crippen molar-refractivity contribution in [2.45, 2.75) is 31.1 Å². The Labute approximate surface area is 117 Å². The van der Waals surface area contributed by atoms with Crippen LogP contribution >= 0.6 is 0 Å². The van der Waals surface area contributed by atoms with Gasteiger partial charge in [0.15, 0.2) is 12.5 Å². The Morgan fingerprint density at radius 2 is 2.10 bits per heavy atom. The predicted molar refractivity (Wildman–Crippen MR) is 69.4 cm³/mol.